The molecule has 3 rings (SSSR count). The van der Waals surface area contributed by atoms with Gasteiger partial charge in [0.25, 0.3) is 0 Å². The number of aliphatic imine (C=N–C) groups is 1. The summed E-state index contributed by atoms with van der Waals surface area (Å²) in [6.07, 6.45) is 0.641. The number of piperidine rings is 1. The highest BCUT2D eigenvalue weighted by atomic mass is 19.1. The monoisotopic (exact) mass is 307 g/mol. The number of benzene rings is 1. The molecule has 1 amide bonds. The van der Waals surface area contributed by atoms with Crippen molar-refractivity contribution in [3.8, 4) is 5.75 Å². The summed E-state index contributed by atoms with van der Waals surface area (Å²) < 4.78 is 24.7. The van der Waals surface area contributed by atoms with Crippen LogP contribution in [0.2, 0.25) is 0 Å². The Balaban J connectivity index is 1.78. The van der Waals surface area contributed by atoms with Gasteiger partial charge in [0.1, 0.15) is 17.4 Å². The van der Waals surface area contributed by atoms with Crippen LogP contribution in [0.25, 0.3) is 0 Å². The summed E-state index contributed by atoms with van der Waals surface area (Å²) in [6.45, 7) is 3.03. The number of hydrogen-bond donors (Lipinski definition) is 1. The Morgan fingerprint density at radius 2 is 2.23 bits per heavy atom. The number of carbonyl (C=O) groups excluding carboxylic acids is 1. The van der Waals surface area contributed by atoms with E-state index in [0.29, 0.717) is 38.3 Å². The molecule has 1 aromatic carbocycles. The van der Waals surface area contributed by atoms with E-state index in [9.17, 15) is 9.18 Å². The molecule has 2 N–H and O–H groups in total. The summed E-state index contributed by atoms with van der Waals surface area (Å²) in [4.78, 5) is 17.7. The van der Waals surface area contributed by atoms with Crippen LogP contribution < -0.4 is 10.5 Å². The molecule has 1 fully saturated rings. The molecule has 1 spiro atoms. The number of ether oxygens (including phenoxy) is 2. The van der Waals surface area contributed by atoms with Crippen molar-refractivity contribution in [3.63, 3.8) is 0 Å². The van der Waals surface area contributed by atoms with Gasteiger partial charge >= 0.3 is 6.09 Å². The molecule has 1 saturated heterocycles. The molecule has 0 aliphatic carbocycles. The molecule has 0 radical (unpaired) electrons. The summed E-state index contributed by atoms with van der Waals surface area (Å²) in [5, 5.41) is 0. The number of hydrogen-bond acceptors (Lipinski definition) is 5. The lowest BCUT2D eigenvalue weighted by Crippen LogP contribution is -2.51. The van der Waals surface area contributed by atoms with Crippen LogP contribution in [-0.4, -0.2) is 42.3 Å². The van der Waals surface area contributed by atoms with Crippen molar-refractivity contribution in [2.24, 2.45) is 10.7 Å². The van der Waals surface area contributed by atoms with E-state index in [1.54, 1.807) is 24.0 Å². The Labute approximate surface area is 127 Å². The second kappa shape index (κ2) is 5.47. The van der Waals surface area contributed by atoms with Gasteiger partial charge in [-0.2, -0.15) is 0 Å². The Bertz CT molecular complexity index is 624. The van der Waals surface area contributed by atoms with Crippen molar-refractivity contribution in [1.29, 1.82) is 0 Å². The number of nitrogens with zero attached hydrogens (tertiary/aromatic N) is 2. The predicted octanol–water partition coefficient (Wildman–Crippen LogP) is 1.87. The molecule has 0 saturated carbocycles. The molecule has 0 aromatic heterocycles. The largest absolute Gasteiger partial charge is 0.465 e. The van der Waals surface area contributed by atoms with Gasteiger partial charge < -0.3 is 20.1 Å². The maximum absolute atomic E-state index is 13.8. The van der Waals surface area contributed by atoms with Gasteiger partial charge in [0.2, 0.25) is 5.72 Å². The van der Waals surface area contributed by atoms with Crippen molar-refractivity contribution in [2.45, 2.75) is 25.5 Å². The summed E-state index contributed by atoms with van der Waals surface area (Å²) in [6, 6.07) is 4.58. The van der Waals surface area contributed by atoms with Crippen LogP contribution in [0.1, 0.15) is 25.3 Å². The van der Waals surface area contributed by atoms with Crippen LogP contribution in [0.3, 0.4) is 0 Å². The van der Waals surface area contributed by atoms with E-state index in [2.05, 4.69) is 4.99 Å². The van der Waals surface area contributed by atoms with E-state index in [-0.39, 0.29) is 17.5 Å². The van der Waals surface area contributed by atoms with Crippen LogP contribution in [0.4, 0.5) is 9.18 Å². The highest BCUT2D eigenvalue weighted by molar-refractivity contribution is 6.01. The van der Waals surface area contributed by atoms with E-state index < -0.39 is 11.5 Å². The summed E-state index contributed by atoms with van der Waals surface area (Å²) in [7, 11) is 0. The summed E-state index contributed by atoms with van der Waals surface area (Å²) in [5.74, 6) is 0.0959. The first-order chi connectivity index (χ1) is 10.5. The molecule has 0 atom stereocenters. The SMILES string of the molecule is CCOC(=O)N1CCC2(CC1)N=C(N)c1c(F)cccc1O2. The van der Waals surface area contributed by atoms with Crippen LogP contribution in [0, 0.1) is 5.82 Å². The predicted molar refractivity (Wildman–Crippen MR) is 78.3 cm³/mol. The minimum Gasteiger partial charge on any atom is -0.465 e. The number of carbonyl (C=O) groups is 1. The van der Waals surface area contributed by atoms with Gasteiger partial charge in [0.15, 0.2) is 0 Å². The van der Waals surface area contributed by atoms with Crippen molar-refractivity contribution in [1.82, 2.24) is 4.90 Å². The Hall–Kier alpha value is -2.31. The fourth-order valence-electron chi connectivity index (χ4n) is 2.81. The van der Waals surface area contributed by atoms with Gasteiger partial charge in [-0.1, -0.05) is 6.07 Å². The average Bonchev–Trinajstić information content (AvgIpc) is 2.47. The molecule has 22 heavy (non-hydrogen) atoms. The highest BCUT2D eigenvalue weighted by Gasteiger charge is 2.41. The number of nitrogens with two attached hydrogens (primary N) is 1. The molecule has 2 aliphatic heterocycles. The molecule has 118 valence electrons. The summed E-state index contributed by atoms with van der Waals surface area (Å²) >= 11 is 0. The van der Waals surface area contributed by atoms with Crippen molar-refractivity contribution in [3.05, 3.63) is 29.6 Å². The molecule has 2 heterocycles. The van der Waals surface area contributed by atoms with Gasteiger partial charge in [-0.05, 0) is 19.1 Å². The van der Waals surface area contributed by atoms with Crippen LogP contribution in [0.5, 0.6) is 5.75 Å². The number of rotatable bonds is 1. The normalized spacial score (nSPS) is 19.2. The van der Waals surface area contributed by atoms with Crippen LogP contribution in [0.15, 0.2) is 23.2 Å². The van der Waals surface area contributed by atoms with Crippen molar-refractivity contribution >= 4 is 11.9 Å². The standard InChI is InChI=1S/C15H18FN3O3/c1-2-21-14(20)19-8-6-15(7-9-19)18-13(17)12-10(16)4-3-5-11(12)22-15/h3-5H,2,6-9H2,1H3,(H2,17,18). The zero-order valence-electron chi connectivity index (χ0n) is 12.3. The van der Waals surface area contributed by atoms with Gasteiger partial charge in [0, 0.05) is 25.9 Å². The molecule has 0 bridgehead atoms. The number of likely N-dealkylation sites (tertiary alicyclic amines) is 1. The van der Waals surface area contributed by atoms with Gasteiger partial charge in [-0.3, -0.25) is 0 Å². The minimum atomic E-state index is -0.826. The fourth-order valence-corrected chi connectivity index (χ4v) is 2.81. The second-order valence-corrected chi connectivity index (χ2v) is 5.34. The third-order valence-corrected chi connectivity index (χ3v) is 3.93. The first-order valence-electron chi connectivity index (χ1n) is 7.29. The van der Waals surface area contributed by atoms with Crippen LogP contribution in [-0.2, 0) is 4.74 Å². The number of amides is 1. The molecule has 7 heteroatoms. The zero-order chi connectivity index (χ0) is 15.7. The molecular weight excluding hydrogens is 289 g/mol. The maximum atomic E-state index is 13.8. The maximum Gasteiger partial charge on any atom is 0.409 e. The number of fused-ring (bicyclic) bond motifs is 1. The Kier molecular flexibility index (Phi) is 3.64. The lowest BCUT2D eigenvalue weighted by molar-refractivity contribution is 0.00422. The molecule has 6 nitrogen and oxygen atoms in total. The van der Waals surface area contributed by atoms with Crippen molar-refractivity contribution < 1.29 is 18.7 Å². The average molecular weight is 307 g/mol. The first-order valence-corrected chi connectivity index (χ1v) is 7.29. The number of amidine groups is 1. The fraction of sp³-hybridized carbons (Fsp3) is 0.467. The topological polar surface area (TPSA) is 77.2 Å². The molecule has 2 aliphatic rings. The number of halogens is 1. The lowest BCUT2D eigenvalue weighted by atomic mass is 9.98. The van der Waals surface area contributed by atoms with E-state index in [1.807, 2.05) is 0 Å². The molecule has 0 unspecified atom stereocenters. The van der Waals surface area contributed by atoms with Crippen LogP contribution >= 0.6 is 0 Å². The van der Waals surface area contributed by atoms with Gasteiger partial charge in [-0.15, -0.1) is 0 Å². The Morgan fingerprint density at radius 1 is 1.50 bits per heavy atom. The molecule has 1 aromatic rings. The van der Waals surface area contributed by atoms with E-state index >= 15 is 0 Å². The third kappa shape index (κ3) is 2.47. The van der Waals surface area contributed by atoms with Gasteiger partial charge in [-0.25, -0.2) is 14.2 Å². The lowest BCUT2D eigenvalue weighted by Gasteiger charge is -2.41. The smallest absolute Gasteiger partial charge is 0.409 e. The molecular formula is C15H18FN3O3. The first kappa shape index (κ1) is 14.6. The minimum absolute atomic E-state index is 0.143. The quantitative estimate of drug-likeness (QED) is 0.859. The second-order valence-electron chi connectivity index (χ2n) is 5.34. The van der Waals surface area contributed by atoms with Gasteiger partial charge in [0.05, 0.1) is 12.2 Å². The Morgan fingerprint density at radius 3 is 2.91 bits per heavy atom. The summed E-state index contributed by atoms with van der Waals surface area (Å²) in [5.41, 5.74) is 5.30. The zero-order valence-corrected chi connectivity index (χ0v) is 12.3. The van der Waals surface area contributed by atoms with Crippen molar-refractivity contribution in [2.75, 3.05) is 19.7 Å². The van der Waals surface area contributed by atoms with E-state index in [0.717, 1.165) is 0 Å². The third-order valence-electron chi connectivity index (χ3n) is 3.93. The van der Waals surface area contributed by atoms with E-state index in [1.165, 1.54) is 6.07 Å². The van der Waals surface area contributed by atoms with E-state index in [4.69, 9.17) is 15.2 Å². The highest BCUT2D eigenvalue weighted by Crippen LogP contribution is 2.36.